The summed E-state index contributed by atoms with van der Waals surface area (Å²) < 4.78 is 5.81. The Morgan fingerprint density at radius 2 is 1.42 bits per heavy atom. The smallest absolute Gasteiger partial charge is 0.248 e. The summed E-state index contributed by atoms with van der Waals surface area (Å²) in [6.45, 7) is 4.87. The van der Waals surface area contributed by atoms with Crippen molar-refractivity contribution in [1.82, 2.24) is 9.80 Å². The van der Waals surface area contributed by atoms with Gasteiger partial charge in [-0.2, -0.15) is 0 Å². The first-order chi connectivity index (χ1) is 16.2. The van der Waals surface area contributed by atoms with Gasteiger partial charge in [-0.3, -0.25) is 9.69 Å². The van der Waals surface area contributed by atoms with E-state index in [0.29, 0.717) is 11.5 Å². The lowest BCUT2D eigenvalue weighted by atomic mass is 9.88. The summed E-state index contributed by atoms with van der Waals surface area (Å²) in [7, 11) is 1.72. The zero-order valence-electron chi connectivity index (χ0n) is 19.3. The topological polar surface area (TPSA) is 58.8 Å². The number of hydrogen-bond acceptors (Lipinski definition) is 4. The van der Waals surface area contributed by atoms with Gasteiger partial charge in [0.2, 0.25) is 5.91 Å². The van der Waals surface area contributed by atoms with E-state index in [-0.39, 0.29) is 6.23 Å². The summed E-state index contributed by atoms with van der Waals surface area (Å²) in [5, 5.41) is 0. The summed E-state index contributed by atoms with van der Waals surface area (Å²) in [5.74, 6) is -0.0170. The first-order valence-corrected chi connectivity index (χ1v) is 11.6. The van der Waals surface area contributed by atoms with E-state index in [4.69, 9.17) is 10.5 Å². The second-order valence-corrected chi connectivity index (χ2v) is 8.62. The molecular weight excluding hydrogens is 410 g/mol. The van der Waals surface area contributed by atoms with E-state index in [1.54, 1.807) is 13.2 Å². The van der Waals surface area contributed by atoms with E-state index in [9.17, 15) is 4.79 Å². The predicted molar refractivity (Wildman–Crippen MR) is 132 cm³/mol. The third-order valence-corrected chi connectivity index (χ3v) is 6.56. The Morgan fingerprint density at radius 1 is 0.848 bits per heavy atom. The lowest BCUT2D eigenvalue weighted by Crippen LogP contribution is -2.48. The molecular formula is C28H33N3O2. The Hall–Kier alpha value is -2.99. The fourth-order valence-corrected chi connectivity index (χ4v) is 4.77. The van der Waals surface area contributed by atoms with Gasteiger partial charge < -0.3 is 15.4 Å². The molecule has 1 saturated heterocycles. The van der Waals surface area contributed by atoms with Crippen LogP contribution < -0.4 is 5.73 Å². The fourth-order valence-electron chi connectivity index (χ4n) is 4.77. The van der Waals surface area contributed by atoms with Crippen molar-refractivity contribution in [3.05, 3.63) is 107 Å². The van der Waals surface area contributed by atoms with Crippen LogP contribution >= 0.6 is 0 Å². The number of nitrogens with zero attached hydrogens (tertiary/aromatic N) is 2. The highest BCUT2D eigenvalue weighted by Crippen LogP contribution is 2.29. The Labute approximate surface area is 196 Å². The van der Waals surface area contributed by atoms with Gasteiger partial charge in [-0.1, -0.05) is 72.8 Å². The molecule has 172 valence electrons. The van der Waals surface area contributed by atoms with E-state index in [2.05, 4.69) is 70.5 Å². The molecule has 3 aromatic rings. The first-order valence-electron chi connectivity index (χ1n) is 11.6. The van der Waals surface area contributed by atoms with Crippen LogP contribution in [0.5, 0.6) is 0 Å². The number of piperazine rings is 1. The van der Waals surface area contributed by atoms with Gasteiger partial charge in [0.05, 0.1) is 0 Å². The number of benzene rings is 3. The molecule has 0 bridgehead atoms. The number of nitrogens with two attached hydrogens (primary N) is 1. The maximum Gasteiger partial charge on any atom is 0.248 e. The van der Waals surface area contributed by atoms with E-state index < -0.39 is 5.91 Å². The van der Waals surface area contributed by atoms with Crippen LogP contribution in [0, 0.1) is 0 Å². The van der Waals surface area contributed by atoms with Crippen molar-refractivity contribution < 1.29 is 9.53 Å². The van der Waals surface area contributed by atoms with E-state index in [1.807, 2.05) is 18.2 Å². The molecule has 1 aliphatic heterocycles. The number of ether oxygens (including phenoxy) is 1. The van der Waals surface area contributed by atoms with Crippen LogP contribution in [0.4, 0.5) is 0 Å². The molecule has 0 saturated carbocycles. The summed E-state index contributed by atoms with van der Waals surface area (Å²) in [5.41, 5.74) is 9.69. The monoisotopic (exact) mass is 443 g/mol. The number of carbonyl (C=O) groups is 1. The minimum atomic E-state index is -0.414. The summed E-state index contributed by atoms with van der Waals surface area (Å²) in [4.78, 5) is 16.5. The first kappa shape index (κ1) is 23.2. The van der Waals surface area contributed by atoms with Crippen molar-refractivity contribution in [3.8, 4) is 0 Å². The quantitative estimate of drug-likeness (QED) is 0.537. The second kappa shape index (κ2) is 11.2. The Balaban J connectivity index is 1.37. The van der Waals surface area contributed by atoms with Gasteiger partial charge in [0.25, 0.3) is 0 Å². The molecule has 1 amide bonds. The maximum absolute atomic E-state index is 11.6. The molecule has 3 aromatic carbocycles. The number of amides is 1. The number of methoxy groups -OCH3 is 1. The van der Waals surface area contributed by atoms with Crippen LogP contribution in [-0.4, -0.2) is 55.5 Å². The molecule has 1 atom stereocenters. The van der Waals surface area contributed by atoms with Gasteiger partial charge in [0.1, 0.15) is 6.23 Å². The standard InChI is InChI=1S/C28H33N3O2/c1-33-28(25-14-8-13-24(21-25)27(29)32)31-19-17-30(18-20-31)16-15-26(22-9-4-2-5-10-22)23-11-6-3-7-12-23/h2-14,21,26,28H,15-20H2,1H3,(H2,29,32). The van der Waals surface area contributed by atoms with Crippen LogP contribution in [-0.2, 0) is 4.74 Å². The Kier molecular flexibility index (Phi) is 7.89. The minimum absolute atomic E-state index is 0.173. The number of primary amides is 1. The average molecular weight is 444 g/mol. The fraction of sp³-hybridized carbons (Fsp3) is 0.321. The largest absolute Gasteiger partial charge is 0.366 e. The third-order valence-electron chi connectivity index (χ3n) is 6.56. The molecule has 5 nitrogen and oxygen atoms in total. The van der Waals surface area contributed by atoms with Crippen LogP contribution in [0.25, 0.3) is 0 Å². The van der Waals surface area contributed by atoms with Crippen molar-refractivity contribution >= 4 is 5.91 Å². The van der Waals surface area contributed by atoms with Crippen LogP contribution in [0.15, 0.2) is 84.9 Å². The minimum Gasteiger partial charge on any atom is -0.366 e. The predicted octanol–water partition coefficient (Wildman–Crippen LogP) is 4.27. The van der Waals surface area contributed by atoms with Crippen molar-refractivity contribution in [1.29, 1.82) is 0 Å². The molecule has 0 spiro atoms. The summed E-state index contributed by atoms with van der Waals surface area (Å²) in [6.07, 6.45) is 0.912. The molecule has 0 aliphatic carbocycles. The molecule has 0 radical (unpaired) electrons. The normalized spacial score (nSPS) is 16.1. The lowest BCUT2D eigenvalue weighted by Gasteiger charge is -2.39. The van der Waals surface area contributed by atoms with Gasteiger partial charge in [-0.25, -0.2) is 0 Å². The van der Waals surface area contributed by atoms with E-state index in [1.165, 1.54) is 11.1 Å². The van der Waals surface area contributed by atoms with Gasteiger partial charge >= 0.3 is 0 Å². The van der Waals surface area contributed by atoms with Crippen LogP contribution in [0.2, 0.25) is 0 Å². The molecule has 1 aliphatic rings. The van der Waals surface area contributed by atoms with Crippen molar-refractivity contribution in [2.24, 2.45) is 5.73 Å². The van der Waals surface area contributed by atoms with Gasteiger partial charge in [-0.05, 0) is 41.8 Å². The summed E-state index contributed by atoms with van der Waals surface area (Å²) in [6, 6.07) is 29.1. The van der Waals surface area contributed by atoms with Crippen LogP contribution in [0.1, 0.15) is 45.6 Å². The van der Waals surface area contributed by atoms with Crippen molar-refractivity contribution in [3.63, 3.8) is 0 Å². The molecule has 4 rings (SSSR count). The number of rotatable bonds is 9. The number of hydrogen-bond donors (Lipinski definition) is 1. The maximum atomic E-state index is 11.6. The summed E-state index contributed by atoms with van der Waals surface area (Å²) >= 11 is 0. The SMILES string of the molecule is COC(c1cccc(C(N)=O)c1)N1CCN(CCC(c2ccccc2)c2ccccc2)CC1. The van der Waals surface area contributed by atoms with E-state index in [0.717, 1.165) is 44.7 Å². The van der Waals surface area contributed by atoms with Gasteiger partial charge in [-0.15, -0.1) is 0 Å². The zero-order chi connectivity index (χ0) is 23.0. The Bertz CT molecular complexity index is 978. The molecule has 0 aromatic heterocycles. The zero-order valence-corrected chi connectivity index (χ0v) is 19.3. The third kappa shape index (κ3) is 5.88. The van der Waals surface area contributed by atoms with Crippen LogP contribution in [0.3, 0.4) is 0 Å². The molecule has 1 fully saturated rings. The molecule has 1 heterocycles. The highest BCUT2D eigenvalue weighted by atomic mass is 16.5. The molecule has 1 unspecified atom stereocenters. The second-order valence-electron chi connectivity index (χ2n) is 8.62. The number of carbonyl (C=O) groups excluding carboxylic acids is 1. The highest BCUT2D eigenvalue weighted by Gasteiger charge is 2.26. The molecule has 2 N–H and O–H groups in total. The van der Waals surface area contributed by atoms with Crippen molar-refractivity contribution in [2.75, 3.05) is 39.8 Å². The van der Waals surface area contributed by atoms with Crippen molar-refractivity contribution in [2.45, 2.75) is 18.6 Å². The van der Waals surface area contributed by atoms with Gasteiger partial charge in [0.15, 0.2) is 0 Å². The molecule has 5 heteroatoms. The highest BCUT2D eigenvalue weighted by molar-refractivity contribution is 5.92. The average Bonchev–Trinajstić information content (AvgIpc) is 2.87. The Morgan fingerprint density at radius 3 is 1.97 bits per heavy atom. The van der Waals surface area contributed by atoms with Gasteiger partial charge in [0, 0.05) is 44.8 Å². The van der Waals surface area contributed by atoms with E-state index >= 15 is 0 Å². The lowest BCUT2D eigenvalue weighted by molar-refractivity contribution is -0.0562. The molecule has 33 heavy (non-hydrogen) atoms.